The van der Waals surface area contributed by atoms with Crippen LogP contribution in [0.2, 0.25) is 5.02 Å². The van der Waals surface area contributed by atoms with E-state index in [1.165, 1.54) is 0 Å². The van der Waals surface area contributed by atoms with Crippen LogP contribution in [0, 0.1) is 6.92 Å². The zero-order valence-corrected chi connectivity index (χ0v) is 7.44. The third-order valence-electron chi connectivity index (χ3n) is 1.74. The van der Waals surface area contributed by atoms with Crippen molar-refractivity contribution in [2.75, 3.05) is 0 Å². The Bertz CT molecular complexity index is 269. The van der Waals surface area contributed by atoms with Crippen molar-refractivity contribution in [2.45, 2.75) is 20.3 Å². The van der Waals surface area contributed by atoms with Crippen LogP contribution in [0.3, 0.4) is 0 Å². The number of hydrogen-bond acceptors (Lipinski definition) is 1. The largest absolute Gasteiger partial charge is 0.508 e. The van der Waals surface area contributed by atoms with Crippen molar-refractivity contribution in [3.8, 4) is 5.75 Å². The molecular weight excluding hydrogens is 160 g/mol. The van der Waals surface area contributed by atoms with E-state index in [1.807, 2.05) is 19.9 Å². The highest BCUT2D eigenvalue weighted by Crippen LogP contribution is 2.25. The van der Waals surface area contributed by atoms with E-state index in [1.54, 1.807) is 6.07 Å². The summed E-state index contributed by atoms with van der Waals surface area (Å²) in [7, 11) is 0. The maximum absolute atomic E-state index is 9.36. The minimum Gasteiger partial charge on any atom is -0.508 e. The van der Waals surface area contributed by atoms with Gasteiger partial charge in [-0.1, -0.05) is 18.5 Å². The number of aromatic hydroxyl groups is 1. The quantitative estimate of drug-likeness (QED) is 0.687. The van der Waals surface area contributed by atoms with Crippen molar-refractivity contribution in [3.05, 3.63) is 28.3 Å². The molecule has 1 aromatic rings. The average Bonchev–Trinajstić information content (AvgIpc) is 1.97. The number of benzene rings is 1. The van der Waals surface area contributed by atoms with E-state index >= 15 is 0 Å². The standard InChI is InChI=1S/C9H11ClO/c1-3-7-5-8(10)6(2)4-9(7)11/h4-5,11H,3H2,1-2H3. The van der Waals surface area contributed by atoms with Gasteiger partial charge in [0.25, 0.3) is 0 Å². The van der Waals surface area contributed by atoms with Crippen LogP contribution < -0.4 is 0 Å². The first-order chi connectivity index (χ1) is 5.15. The lowest BCUT2D eigenvalue weighted by Gasteiger charge is -2.03. The lowest BCUT2D eigenvalue weighted by atomic mass is 10.1. The summed E-state index contributed by atoms with van der Waals surface area (Å²) in [4.78, 5) is 0. The van der Waals surface area contributed by atoms with Crippen molar-refractivity contribution >= 4 is 11.6 Å². The fourth-order valence-corrected chi connectivity index (χ4v) is 1.18. The van der Waals surface area contributed by atoms with Gasteiger partial charge < -0.3 is 5.11 Å². The van der Waals surface area contributed by atoms with Crippen molar-refractivity contribution in [1.29, 1.82) is 0 Å². The molecule has 0 atom stereocenters. The first-order valence-electron chi connectivity index (χ1n) is 3.63. The minimum atomic E-state index is 0.342. The molecule has 0 unspecified atom stereocenters. The zero-order valence-electron chi connectivity index (χ0n) is 6.69. The molecule has 0 saturated heterocycles. The summed E-state index contributed by atoms with van der Waals surface area (Å²) in [6, 6.07) is 3.51. The molecule has 1 rings (SSSR count). The highest BCUT2D eigenvalue weighted by molar-refractivity contribution is 6.31. The molecule has 0 aliphatic rings. The first-order valence-corrected chi connectivity index (χ1v) is 4.01. The van der Waals surface area contributed by atoms with Crippen molar-refractivity contribution in [3.63, 3.8) is 0 Å². The maximum atomic E-state index is 9.36. The van der Waals surface area contributed by atoms with Gasteiger partial charge in [0, 0.05) is 5.02 Å². The van der Waals surface area contributed by atoms with Gasteiger partial charge in [0.1, 0.15) is 5.75 Å². The van der Waals surface area contributed by atoms with Crippen LogP contribution in [0.5, 0.6) is 5.75 Å². The smallest absolute Gasteiger partial charge is 0.119 e. The van der Waals surface area contributed by atoms with Gasteiger partial charge in [-0.15, -0.1) is 0 Å². The van der Waals surface area contributed by atoms with Crippen LogP contribution in [-0.4, -0.2) is 5.11 Å². The molecule has 2 heteroatoms. The van der Waals surface area contributed by atoms with Gasteiger partial charge in [-0.3, -0.25) is 0 Å². The molecule has 1 nitrogen and oxygen atoms in total. The van der Waals surface area contributed by atoms with Crippen molar-refractivity contribution in [2.24, 2.45) is 0 Å². The van der Waals surface area contributed by atoms with Gasteiger partial charge in [-0.25, -0.2) is 0 Å². The number of rotatable bonds is 1. The van der Waals surface area contributed by atoms with Gasteiger partial charge >= 0.3 is 0 Å². The molecule has 0 aliphatic carbocycles. The maximum Gasteiger partial charge on any atom is 0.119 e. The molecule has 0 heterocycles. The summed E-state index contributed by atoms with van der Waals surface area (Å²) in [6.07, 6.45) is 0.811. The van der Waals surface area contributed by atoms with E-state index in [0.717, 1.165) is 22.6 Å². The molecule has 11 heavy (non-hydrogen) atoms. The average molecular weight is 171 g/mol. The molecule has 0 amide bonds. The van der Waals surface area contributed by atoms with Gasteiger partial charge in [0.05, 0.1) is 0 Å². The zero-order chi connectivity index (χ0) is 8.43. The molecule has 60 valence electrons. The second-order valence-electron chi connectivity index (χ2n) is 2.58. The predicted octanol–water partition coefficient (Wildman–Crippen LogP) is 2.92. The van der Waals surface area contributed by atoms with Crippen LogP contribution in [0.1, 0.15) is 18.1 Å². The van der Waals surface area contributed by atoms with Crippen molar-refractivity contribution in [1.82, 2.24) is 0 Å². The van der Waals surface area contributed by atoms with E-state index in [0.29, 0.717) is 5.75 Å². The van der Waals surface area contributed by atoms with Gasteiger partial charge in [0.15, 0.2) is 0 Å². The van der Waals surface area contributed by atoms with Crippen LogP contribution in [0.4, 0.5) is 0 Å². The Morgan fingerprint density at radius 3 is 2.64 bits per heavy atom. The van der Waals surface area contributed by atoms with Crippen LogP contribution in [0.25, 0.3) is 0 Å². The van der Waals surface area contributed by atoms with Gasteiger partial charge in [-0.05, 0) is 36.6 Å². The number of hydrogen-bond donors (Lipinski definition) is 1. The summed E-state index contributed by atoms with van der Waals surface area (Å²) >= 11 is 5.85. The number of aryl methyl sites for hydroxylation is 2. The molecule has 0 fully saturated rings. The predicted molar refractivity (Wildman–Crippen MR) is 47.2 cm³/mol. The molecule has 0 aromatic heterocycles. The van der Waals surface area contributed by atoms with Gasteiger partial charge in [-0.2, -0.15) is 0 Å². The van der Waals surface area contributed by atoms with Crippen molar-refractivity contribution < 1.29 is 5.11 Å². The van der Waals surface area contributed by atoms with E-state index in [-0.39, 0.29) is 0 Å². The number of phenolic OH excluding ortho intramolecular Hbond substituents is 1. The SMILES string of the molecule is CCc1cc(Cl)c(C)cc1O. The summed E-state index contributed by atoms with van der Waals surface area (Å²) in [5, 5.41) is 10.1. The number of halogens is 1. The van der Waals surface area contributed by atoms with E-state index < -0.39 is 0 Å². The minimum absolute atomic E-state index is 0.342. The van der Waals surface area contributed by atoms with Crippen LogP contribution in [-0.2, 0) is 6.42 Å². The highest BCUT2D eigenvalue weighted by atomic mass is 35.5. The second-order valence-corrected chi connectivity index (χ2v) is 2.99. The molecule has 1 N–H and O–H groups in total. The summed E-state index contributed by atoms with van der Waals surface area (Å²) < 4.78 is 0. The summed E-state index contributed by atoms with van der Waals surface area (Å²) in [5.41, 5.74) is 1.82. The fourth-order valence-electron chi connectivity index (χ4n) is 0.991. The second kappa shape index (κ2) is 3.14. The topological polar surface area (TPSA) is 20.2 Å². The van der Waals surface area contributed by atoms with E-state index in [9.17, 15) is 5.11 Å². The normalized spacial score (nSPS) is 10.1. The van der Waals surface area contributed by atoms with Gasteiger partial charge in [0.2, 0.25) is 0 Å². The first kappa shape index (κ1) is 8.41. The third-order valence-corrected chi connectivity index (χ3v) is 2.15. The Morgan fingerprint density at radius 1 is 1.45 bits per heavy atom. The molecule has 0 aliphatic heterocycles. The fraction of sp³-hybridized carbons (Fsp3) is 0.333. The Morgan fingerprint density at radius 2 is 2.09 bits per heavy atom. The van der Waals surface area contributed by atoms with Crippen LogP contribution >= 0.6 is 11.6 Å². The number of phenols is 1. The van der Waals surface area contributed by atoms with E-state index in [2.05, 4.69) is 0 Å². The lowest BCUT2D eigenvalue weighted by molar-refractivity contribution is 0.468. The summed E-state index contributed by atoms with van der Waals surface area (Å²) in [6.45, 7) is 3.86. The molecule has 0 bridgehead atoms. The van der Waals surface area contributed by atoms with Crippen LogP contribution in [0.15, 0.2) is 12.1 Å². The highest BCUT2D eigenvalue weighted by Gasteiger charge is 2.02. The van der Waals surface area contributed by atoms with E-state index in [4.69, 9.17) is 11.6 Å². The molecular formula is C9H11ClO. The molecule has 0 saturated carbocycles. The third kappa shape index (κ3) is 1.66. The lowest BCUT2D eigenvalue weighted by Crippen LogP contribution is -1.83. The Balaban J connectivity index is 3.21. The monoisotopic (exact) mass is 170 g/mol. The Kier molecular flexibility index (Phi) is 2.40. The Hall–Kier alpha value is -0.690. The Labute approximate surface area is 71.6 Å². The summed E-state index contributed by atoms with van der Waals surface area (Å²) in [5.74, 6) is 0.342. The molecule has 1 aromatic carbocycles. The molecule has 0 spiro atoms. The molecule has 0 radical (unpaired) electrons.